The van der Waals surface area contributed by atoms with Gasteiger partial charge in [-0.05, 0) is 66.5 Å². The lowest BCUT2D eigenvalue weighted by molar-refractivity contribution is -0.125. The molecule has 226 valence electrons. The predicted octanol–water partition coefficient (Wildman–Crippen LogP) is 3.87. The first-order valence-electron chi connectivity index (χ1n) is 13.8. The number of carbonyl (C=O) groups is 3. The van der Waals surface area contributed by atoms with Crippen LogP contribution in [0.25, 0.3) is 0 Å². The van der Waals surface area contributed by atoms with Crippen molar-refractivity contribution in [1.29, 1.82) is 0 Å². The Kier molecular flexibility index (Phi) is 11.7. The van der Waals surface area contributed by atoms with Crippen LogP contribution in [0.5, 0.6) is 5.75 Å². The van der Waals surface area contributed by atoms with Crippen molar-refractivity contribution in [2.45, 2.75) is 79.0 Å². The van der Waals surface area contributed by atoms with E-state index in [2.05, 4.69) is 15.6 Å². The van der Waals surface area contributed by atoms with Gasteiger partial charge in [0, 0.05) is 38.4 Å². The molecule has 4 N–H and O–H groups in total. The third-order valence-electron chi connectivity index (χ3n) is 6.25. The molecule has 1 heterocycles. The molecule has 0 unspecified atom stereocenters. The molecule has 0 aliphatic heterocycles. The van der Waals surface area contributed by atoms with Gasteiger partial charge in [-0.25, -0.2) is 14.8 Å². The van der Waals surface area contributed by atoms with Gasteiger partial charge in [0.25, 0.3) is 5.91 Å². The fraction of sp³-hybridized carbons (Fsp3) is 0.552. The van der Waals surface area contributed by atoms with Gasteiger partial charge < -0.3 is 30.7 Å². The molecule has 0 saturated heterocycles. The summed E-state index contributed by atoms with van der Waals surface area (Å²) in [5.74, 6) is 0.582. The van der Waals surface area contributed by atoms with Gasteiger partial charge >= 0.3 is 6.09 Å². The fourth-order valence-electron chi connectivity index (χ4n) is 3.57. The van der Waals surface area contributed by atoms with Crippen molar-refractivity contribution in [3.63, 3.8) is 0 Å². The average Bonchev–Trinajstić information content (AvgIpc) is 2.90. The number of aryl methyl sites for hydroxylation is 1. The zero-order chi connectivity index (χ0) is 30.9. The summed E-state index contributed by atoms with van der Waals surface area (Å²) in [7, 11) is 3.46. The summed E-state index contributed by atoms with van der Waals surface area (Å²) in [5, 5.41) is 5.98. The third-order valence-corrected chi connectivity index (χ3v) is 6.25. The number of likely N-dealkylation sites (N-methyl/N-ethyl adjacent to an activating group) is 1. The number of rotatable bonds is 13. The number of nitrogens with one attached hydrogen (secondary N) is 2. The number of hydrogen-bond acceptors (Lipinski definition) is 9. The topological polar surface area (TPSA) is 152 Å². The van der Waals surface area contributed by atoms with E-state index in [1.807, 2.05) is 44.9 Å². The van der Waals surface area contributed by atoms with Gasteiger partial charge in [-0.15, -0.1) is 0 Å². The van der Waals surface area contributed by atoms with Crippen molar-refractivity contribution in [2.75, 3.05) is 37.5 Å². The molecular formula is C29H45N7O5. The number of benzene rings is 1. The number of aromatic nitrogens is 2. The van der Waals surface area contributed by atoms with Crippen LogP contribution in [0.15, 0.2) is 24.3 Å². The first kappa shape index (κ1) is 33.1. The Balaban J connectivity index is 1.98. The van der Waals surface area contributed by atoms with E-state index in [4.69, 9.17) is 20.2 Å². The number of nitrogens with zero attached hydrogens (tertiary/aromatic N) is 4. The maximum atomic E-state index is 12.5. The minimum absolute atomic E-state index is 0.0661. The molecule has 0 aliphatic carbocycles. The molecule has 0 saturated carbocycles. The molecule has 12 heteroatoms. The molecule has 3 amide bonds. The highest BCUT2D eigenvalue weighted by atomic mass is 16.6. The molecule has 2 rings (SSSR count). The second-order valence-electron chi connectivity index (χ2n) is 11.0. The van der Waals surface area contributed by atoms with E-state index in [-0.39, 0.29) is 23.5 Å². The van der Waals surface area contributed by atoms with E-state index in [0.29, 0.717) is 48.9 Å². The van der Waals surface area contributed by atoms with Crippen LogP contribution in [0.4, 0.5) is 22.1 Å². The quantitative estimate of drug-likeness (QED) is 0.304. The second kappa shape index (κ2) is 14.5. The molecular weight excluding hydrogens is 526 g/mol. The van der Waals surface area contributed by atoms with E-state index in [1.165, 1.54) is 11.9 Å². The van der Waals surface area contributed by atoms with Gasteiger partial charge in [0.05, 0.1) is 12.3 Å². The molecule has 1 aromatic carbocycles. The highest BCUT2D eigenvalue weighted by Crippen LogP contribution is 2.27. The Morgan fingerprint density at radius 1 is 1.10 bits per heavy atom. The predicted molar refractivity (Wildman–Crippen MR) is 160 cm³/mol. The van der Waals surface area contributed by atoms with Crippen molar-refractivity contribution in [2.24, 2.45) is 5.73 Å². The number of ether oxygens (including phenoxy) is 2. The average molecular weight is 572 g/mol. The van der Waals surface area contributed by atoms with Gasteiger partial charge in [-0.1, -0.05) is 13.0 Å². The number of carbonyl (C=O) groups excluding carboxylic acids is 3. The monoisotopic (exact) mass is 571 g/mol. The number of anilines is 3. The molecule has 0 aliphatic rings. The van der Waals surface area contributed by atoms with Crippen LogP contribution in [-0.4, -0.2) is 77.7 Å². The maximum Gasteiger partial charge on any atom is 0.410 e. The molecule has 12 nitrogen and oxygen atoms in total. The number of primary amides is 1. The molecule has 0 fully saturated rings. The van der Waals surface area contributed by atoms with Crippen LogP contribution in [-0.2, 0) is 16.0 Å². The maximum absolute atomic E-state index is 12.5. The van der Waals surface area contributed by atoms with Gasteiger partial charge in [0.1, 0.15) is 17.4 Å². The first-order chi connectivity index (χ1) is 19.1. The molecule has 0 bridgehead atoms. The summed E-state index contributed by atoms with van der Waals surface area (Å²) in [6, 6.07) is 6.71. The largest absolute Gasteiger partial charge is 0.493 e. The van der Waals surface area contributed by atoms with Crippen molar-refractivity contribution in [3.8, 4) is 5.75 Å². The van der Waals surface area contributed by atoms with Crippen LogP contribution >= 0.6 is 0 Å². The highest BCUT2D eigenvalue weighted by Gasteiger charge is 2.26. The Hall–Kier alpha value is -4.09. The lowest BCUT2D eigenvalue weighted by atomic mass is 10.2. The minimum atomic E-state index is -0.686. The molecule has 41 heavy (non-hydrogen) atoms. The summed E-state index contributed by atoms with van der Waals surface area (Å²) in [4.78, 5) is 49.3. The zero-order valence-electron chi connectivity index (χ0n) is 25.7. The van der Waals surface area contributed by atoms with E-state index in [9.17, 15) is 14.4 Å². The Labute approximate surface area is 243 Å². The first-order valence-corrected chi connectivity index (χ1v) is 13.8. The van der Waals surface area contributed by atoms with Crippen molar-refractivity contribution < 1.29 is 23.9 Å². The molecule has 0 radical (unpaired) electrons. The second-order valence-corrected chi connectivity index (χ2v) is 11.0. The highest BCUT2D eigenvalue weighted by molar-refractivity contribution is 5.96. The summed E-state index contributed by atoms with van der Waals surface area (Å²) in [6.07, 6.45) is 0.589. The Bertz CT molecular complexity index is 1210. The fourth-order valence-corrected chi connectivity index (χ4v) is 3.57. The molecule has 0 spiro atoms. The Morgan fingerprint density at radius 2 is 1.78 bits per heavy atom. The summed E-state index contributed by atoms with van der Waals surface area (Å²) >= 11 is 0. The van der Waals surface area contributed by atoms with Crippen molar-refractivity contribution in [3.05, 3.63) is 35.7 Å². The van der Waals surface area contributed by atoms with Crippen molar-refractivity contribution >= 4 is 35.2 Å². The van der Waals surface area contributed by atoms with Gasteiger partial charge in [0.2, 0.25) is 5.91 Å². The third kappa shape index (κ3) is 9.80. The summed E-state index contributed by atoms with van der Waals surface area (Å²) < 4.78 is 11.2. The van der Waals surface area contributed by atoms with Gasteiger partial charge in [-0.3, -0.25) is 14.5 Å². The zero-order valence-corrected chi connectivity index (χ0v) is 25.7. The lowest BCUT2D eigenvalue weighted by Crippen LogP contribution is -2.47. The van der Waals surface area contributed by atoms with Crippen LogP contribution in [0.1, 0.15) is 71.1 Å². The van der Waals surface area contributed by atoms with Crippen LogP contribution in [0, 0.1) is 0 Å². The normalized spacial score (nSPS) is 12.0. The van der Waals surface area contributed by atoms with E-state index < -0.39 is 23.6 Å². The number of hydrogen-bond donors (Lipinski definition) is 3. The van der Waals surface area contributed by atoms with Crippen LogP contribution < -0.4 is 26.0 Å². The van der Waals surface area contributed by atoms with Crippen LogP contribution in [0.3, 0.4) is 0 Å². The Morgan fingerprint density at radius 3 is 2.37 bits per heavy atom. The van der Waals surface area contributed by atoms with Crippen LogP contribution in [0.2, 0.25) is 0 Å². The molecule has 1 aromatic heterocycles. The minimum Gasteiger partial charge on any atom is -0.493 e. The number of nitrogens with two attached hydrogens (primary N) is 1. The van der Waals surface area contributed by atoms with E-state index in [0.717, 1.165) is 0 Å². The van der Waals surface area contributed by atoms with Gasteiger partial charge in [-0.2, -0.15) is 0 Å². The lowest BCUT2D eigenvalue weighted by Gasteiger charge is -2.28. The molecule has 1 atom stereocenters. The van der Waals surface area contributed by atoms with Crippen molar-refractivity contribution in [1.82, 2.24) is 20.2 Å². The van der Waals surface area contributed by atoms with E-state index >= 15 is 0 Å². The number of amides is 3. The summed E-state index contributed by atoms with van der Waals surface area (Å²) in [6.45, 7) is 13.7. The SMILES string of the molecule is CCc1nc(C(N)=O)c(Nc2cccc(OCCCNC(=O)[C@H](C)N(C)C(=O)OC(C)(C)C)c2)nc1N(C)C(C)C. The van der Waals surface area contributed by atoms with Gasteiger partial charge in [0.15, 0.2) is 17.3 Å². The summed E-state index contributed by atoms with van der Waals surface area (Å²) in [5.41, 5.74) is 6.38. The smallest absolute Gasteiger partial charge is 0.410 e. The van der Waals surface area contributed by atoms with E-state index in [1.54, 1.807) is 39.8 Å². The standard InChI is InChI=1S/C29H45N7O5/c1-10-22-26(35(8)18(2)3)34-25(23(33-22)24(30)37)32-20-13-11-14-21(17-20)40-16-12-15-31-27(38)19(4)36(9)28(39)41-29(5,6)7/h11,13-14,17-19H,10,12,15-16H2,1-9H3,(H2,30,37)(H,31,38)(H,32,34)/t19-/m0/s1. The molecule has 2 aromatic rings.